The van der Waals surface area contributed by atoms with Crippen LogP contribution >= 0.6 is 0 Å². The number of esters is 2. The van der Waals surface area contributed by atoms with E-state index in [1.54, 1.807) is 6.07 Å². The predicted octanol–water partition coefficient (Wildman–Crippen LogP) is 7.18. The van der Waals surface area contributed by atoms with Crippen LogP contribution in [0.3, 0.4) is 0 Å². The van der Waals surface area contributed by atoms with Crippen molar-refractivity contribution in [2.24, 2.45) is 0 Å². The van der Waals surface area contributed by atoms with E-state index in [4.69, 9.17) is 18.9 Å². The summed E-state index contributed by atoms with van der Waals surface area (Å²) >= 11 is 0. The quantitative estimate of drug-likeness (QED) is 0.0524. The minimum absolute atomic E-state index is 0.00548. The number of anilines is 1. The largest absolute Gasteiger partial charge is 0.514 e. The van der Waals surface area contributed by atoms with E-state index < -0.39 is 82.3 Å². The summed E-state index contributed by atoms with van der Waals surface area (Å²) in [6.45, 7) is 1.49. The second-order valence-corrected chi connectivity index (χ2v) is 11.6. The van der Waals surface area contributed by atoms with Gasteiger partial charge in [-0.25, -0.2) is 13.6 Å². The molecule has 0 spiro atoms. The molecule has 4 aromatic carbocycles. The normalized spacial score (nSPS) is 11.3. The Morgan fingerprint density at radius 3 is 1.87 bits per heavy atom. The number of nitrogens with zero attached hydrogens (tertiary/aromatic N) is 1. The summed E-state index contributed by atoms with van der Waals surface area (Å²) in [5, 5.41) is 2.26. The van der Waals surface area contributed by atoms with Crippen molar-refractivity contribution in [2.45, 2.75) is 25.4 Å². The molecule has 2 amide bonds. The molecule has 1 N–H and O–H groups in total. The van der Waals surface area contributed by atoms with Crippen LogP contribution in [0, 0.1) is 11.6 Å². The fraction of sp³-hybridized carbons (Fsp3) is 0.237. The third-order valence-corrected chi connectivity index (χ3v) is 7.85. The Morgan fingerprint density at radius 1 is 0.741 bits per heavy atom. The first kappa shape index (κ1) is 40.5. The fourth-order valence-corrected chi connectivity index (χ4v) is 5.22. The van der Waals surface area contributed by atoms with Gasteiger partial charge in [-0.2, -0.15) is 13.2 Å². The van der Waals surface area contributed by atoms with Gasteiger partial charge in [0.2, 0.25) is 11.2 Å². The SMILES string of the molecule is CCOC(=O)C(COC(=O)Oc1c(F)cc(NC(=O)c2ccccc2-c2ccc(C(F)(F)F)cc2)c(C(=O)N(C)C)c1F)(C(=O)OCC)c1ccccc1. The minimum atomic E-state index is -4.61. The summed E-state index contributed by atoms with van der Waals surface area (Å²) in [4.78, 5) is 67.0. The minimum Gasteiger partial charge on any atom is -0.465 e. The summed E-state index contributed by atoms with van der Waals surface area (Å²) in [6, 6.07) is 17.4. The Hall–Kier alpha value is -6.32. The summed E-state index contributed by atoms with van der Waals surface area (Å²) in [5.74, 6) is -9.16. The van der Waals surface area contributed by atoms with Crippen molar-refractivity contribution in [2.75, 3.05) is 39.2 Å². The molecule has 0 aliphatic carbocycles. The third-order valence-electron chi connectivity index (χ3n) is 7.85. The summed E-state index contributed by atoms with van der Waals surface area (Å²) in [5.41, 5.74) is -4.69. The molecule has 0 aliphatic heterocycles. The van der Waals surface area contributed by atoms with E-state index in [9.17, 15) is 37.1 Å². The summed E-state index contributed by atoms with van der Waals surface area (Å²) < 4.78 is 91.1. The van der Waals surface area contributed by atoms with Crippen molar-refractivity contribution in [3.05, 3.63) is 119 Å². The number of carbonyl (C=O) groups is 5. The van der Waals surface area contributed by atoms with E-state index in [1.807, 2.05) is 0 Å². The molecular weight excluding hydrogens is 723 g/mol. The number of ether oxygens (including phenoxy) is 4. The fourth-order valence-electron chi connectivity index (χ4n) is 5.22. The molecule has 0 saturated carbocycles. The van der Waals surface area contributed by atoms with Gasteiger partial charge in [0, 0.05) is 25.7 Å². The lowest BCUT2D eigenvalue weighted by molar-refractivity contribution is -0.167. The maximum Gasteiger partial charge on any atom is 0.514 e. The van der Waals surface area contributed by atoms with Gasteiger partial charge in [-0.3, -0.25) is 19.2 Å². The van der Waals surface area contributed by atoms with Gasteiger partial charge >= 0.3 is 24.3 Å². The molecule has 11 nitrogen and oxygen atoms in total. The first-order valence-corrected chi connectivity index (χ1v) is 16.1. The zero-order valence-electron chi connectivity index (χ0n) is 29.2. The van der Waals surface area contributed by atoms with E-state index in [2.05, 4.69) is 5.32 Å². The Morgan fingerprint density at radius 2 is 1.31 bits per heavy atom. The highest BCUT2D eigenvalue weighted by atomic mass is 19.4. The number of rotatable bonds is 12. The van der Waals surface area contributed by atoms with Crippen LogP contribution in [0.2, 0.25) is 0 Å². The molecule has 284 valence electrons. The van der Waals surface area contributed by atoms with Crippen molar-refractivity contribution in [3.63, 3.8) is 0 Å². The smallest absolute Gasteiger partial charge is 0.465 e. The zero-order chi connectivity index (χ0) is 39.8. The lowest BCUT2D eigenvalue weighted by atomic mass is 9.81. The molecule has 0 aromatic heterocycles. The van der Waals surface area contributed by atoms with Crippen LogP contribution in [0.15, 0.2) is 84.9 Å². The molecule has 0 fully saturated rings. The van der Waals surface area contributed by atoms with Crippen LogP contribution < -0.4 is 10.1 Å². The first-order chi connectivity index (χ1) is 25.6. The van der Waals surface area contributed by atoms with E-state index in [0.717, 1.165) is 29.2 Å². The van der Waals surface area contributed by atoms with Gasteiger partial charge in [-0.05, 0) is 48.7 Å². The highest BCUT2D eigenvalue weighted by molar-refractivity contribution is 6.12. The van der Waals surface area contributed by atoms with Gasteiger partial charge in [-0.1, -0.05) is 60.7 Å². The number of carbonyl (C=O) groups excluding carboxylic acids is 5. The van der Waals surface area contributed by atoms with Crippen molar-refractivity contribution >= 4 is 35.6 Å². The monoisotopic (exact) mass is 756 g/mol. The molecule has 16 heteroatoms. The number of hydrogen-bond donors (Lipinski definition) is 1. The number of alkyl halides is 3. The molecule has 0 radical (unpaired) electrons. The zero-order valence-corrected chi connectivity index (χ0v) is 29.2. The number of hydrogen-bond acceptors (Lipinski definition) is 9. The average Bonchev–Trinajstić information content (AvgIpc) is 3.13. The molecule has 0 atom stereocenters. The predicted molar refractivity (Wildman–Crippen MR) is 183 cm³/mol. The van der Waals surface area contributed by atoms with E-state index in [-0.39, 0.29) is 35.5 Å². The maximum atomic E-state index is 16.1. The van der Waals surface area contributed by atoms with Crippen LogP contribution in [-0.2, 0) is 35.4 Å². The van der Waals surface area contributed by atoms with Crippen LogP contribution in [0.25, 0.3) is 11.1 Å². The van der Waals surface area contributed by atoms with Crippen LogP contribution in [0.1, 0.15) is 45.7 Å². The van der Waals surface area contributed by atoms with Gasteiger partial charge in [-0.15, -0.1) is 0 Å². The van der Waals surface area contributed by atoms with Crippen LogP contribution in [0.4, 0.5) is 32.4 Å². The second kappa shape index (κ2) is 17.0. The highest BCUT2D eigenvalue weighted by Gasteiger charge is 2.52. The van der Waals surface area contributed by atoms with E-state index >= 15 is 8.78 Å². The lowest BCUT2D eigenvalue weighted by Gasteiger charge is -2.28. The molecule has 0 heterocycles. The molecule has 0 saturated heterocycles. The molecule has 0 aliphatic rings. The Kier molecular flexibility index (Phi) is 12.7. The molecular formula is C38H33F5N2O9. The molecule has 0 unspecified atom stereocenters. The standard InChI is InChI=1S/C38H33F5N2O9/c1-5-51-34(48)37(35(49)52-6-2,23-12-8-7-9-13-23)21-53-36(50)54-31-27(39)20-28(29(30(31)40)33(47)45(3)4)44-32(46)26-15-11-10-14-25(26)22-16-18-24(19-17-22)38(41,42)43/h7-20H,5-6,21H2,1-4H3,(H,44,46). The molecule has 54 heavy (non-hydrogen) atoms. The van der Waals surface area contributed by atoms with Crippen molar-refractivity contribution in [1.29, 1.82) is 0 Å². The van der Waals surface area contributed by atoms with Gasteiger partial charge in [0.1, 0.15) is 12.2 Å². The van der Waals surface area contributed by atoms with Crippen molar-refractivity contribution in [1.82, 2.24) is 4.90 Å². The van der Waals surface area contributed by atoms with Crippen molar-refractivity contribution < 1.29 is 64.9 Å². The average molecular weight is 757 g/mol. The van der Waals surface area contributed by atoms with Crippen molar-refractivity contribution in [3.8, 4) is 16.9 Å². The van der Waals surface area contributed by atoms with Gasteiger partial charge in [0.25, 0.3) is 11.8 Å². The van der Waals surface area contributed by atoms with Crippen LogP contribution in [-0.4, -0.2) is 68.7 Å². The van der Waals surface area contributed by atoms with Gasteiger partial charge in [0.05, 0.1) is 24.5 Å². The molecule has 4 rings (SSSR count). The van der Waals surface area contributed by atoms with E-state index in [1.165, 1.54) is 76.5 Å². The Bertz CT molecular complexity index is 2020. The van der Waals surface area contributed by atoms with Crippen LogP contribution in [0.5, 0.6) is 5.75 Å². The van der Waals surface area contributed by atoms with Gasteiger partial charge in [0.15, 0.2) is 11.6 Å². The van der Waals surface area contributed by atoms with E-state index in [0.29, 0.717) is 6.07 Å². The maximum absolute atomic E-state index is 16.1. The number of halogens is 5. The molecule has 0 bridgehead atoms. The Balaban J connectivity index is 1.68. The highest BCUT2D eigenvalue weighted by Crippen LogP contribution is 2.35. The second-order valence-electron chi connectivity index (χ2n) is 11.6. The lowest BCUT2D eigenvalue weighted by Crippen LogP contribution is -2.50. The summed E-state index contributed by atoms with van der Waals surface area (Å²) in [7, 11) is 2.44. The first-order valence-electron chi connectivity index (χ1n) is 16.1. The molecule has 4 aromatic rings. The third kappa shape index (κ3) is 8.65. The number of benzene rings is 4. The Labute approximate surface area is 305 Å². The van der Waals surface area contributed by atoms with Gasteiger partial charge < -0.3 is 29.2 Å². The number of amides is 2. The topological polar surface area (TPSA) is 138 Å². The summed E-state index contributed by atoms with van der Waals surface area (Å²) in [6.07, 6.45) is -6.41. The number of nitrogens with one attached hydrogen (secondary N) is 1.